The van der Waals surface area contributed by atoms with Crippen LogP contribution in [0.2, 0.25) is 0 Å². The third-order valence-electron chi connectivity index (χ3n) is 3.43. The minimum Gasteiger partial charge on any atom is -0.289 e. The zero-order chi connectivity index (χ0) is 16.1. The minimum absolute atomic E-state index is 0.0227. The highest BCUT2D eigenvalue weighted by Gasteiger charge is 2.12. The van der Waals surface area contributed by atoms with E-state index in [1.54, 1.807) is 6.21 Å². The van der Waals surface area contributed by atoms with Gasteiger partial charge in [0.05, 0.1) is 5.69 Å². The van der Waals surface area contributed by atoms with E-state index in [1.807, 2.05) is 78.9 Å². The summed E-state index contributed by atoms with van der Waals surface area (Å²) in [5.41, 5.74) is 2.89. The normalized spacial score (nSPS) is 10.8. The Hall–Kier alpha value is -2.52. The number of rotatable bonds is 4. The molecule has 23 heavy (non-hydrogen) atoms. The summed E-state index contributed by atoms with van der Waals surface area (Å²) in [6.07, 6.45) is 1.77. The average Bonchev–Trinajstić information content (AvgIpc) is 2.61. The molecular weight excluding hydrogens is 350 g/mol. The topological polar surface area (TPSA) is 29.4 Å². The lowest BCUT2D eigenvalue weighted by Gasteiger charge is -2.05. The Morgan fingerprint density at radius 2 is 1.48 bits per heavy atom. The lowest BCUT2D eigenvalue weighted by atomic mass is 10.0. The van der Waals surface area contributed by atoms with Crippen LogP contribution >= 0.6 is 15.9 Å². The summed E-state index contributed by atoms with van der Waals surface area (Å²) in [5.74, 6) is -0.0227. The lowest BCUT2D eigenvalue weighted by molar-refractivity contribution is 0.103. The maximum Gasteiger partial charge on any atom is 0.195 e. The first kappa shape index (κ1) is 15.4. The molecule has 0 aromatic heterocycles. The van der Waals surface area contributed by atoms with Crippen LogP contribution in [0.1, 0.15) is 21.5 Å². The van der Waals surface area contributed by atoms with E-state index in [0.29, 0.717) is 16.8 Å². The number of benzene rings is 3. The van der Waals surface area contributed by atoms with E-state index in [4.69, 9.17) is 0 Å². The summed E-state index contributed by atoms with van der Waals surface area (Å²) in [7, 11) is 0. The van der Waals surface area contributed by atoms with Crippen molar-refractivity contribution in [2.24, 2.45) is 4.99 Å². The minimum atomic E-state index is -0.0227. The number of halogens is 1. The Morgan fingerprint density at radius 1 is 0.826 bits per heavy atom. The number of hydrogen-bond donors (Lipinski definition) is 0. The molecule has 0 amide bonds. The van der Waals surface area contributed by atoms with Crippen molar-refractivity contribution in [3.63, 3.8) is 0 Å². The van der Waals surface area contributed by atoms with Crippen LogP contribution in [0.4, 0.5) is 5.69 Å². The van der Waals surface area contributed by atoms with Crippen LogP contribution in [0.5, 0.6) is 0 Å². The second kappa shape index (κ2) is 7.16. The number of ketones is 1. The molecule has 112 valence electrons. The second-order valence-corrected chi connectivity index (χ2v) is 5.85. The van der Waals surface area contributed by atoms with E-state index in [-0.39, 0.29) is 5.78 Å². The van der Waals surface area contributed by atoms with Gasteiger partial charge < -0.3 is 0 Å². The zero-order valence-electron chi connectivity index (χ0n) is 12.3. The fraction of sp³-hybridized carbons (Fsp3) is 0. The quantitative estimate of drug-likeness (QED) is 0.448. The Bertz CT molecular complexity index is 856. The third kappa shape index (κ3) is 3.63. The third-order valence-corrected chi connectivity index (χ3v) is 4.15. The van der Waals surface area contributed by atoms with Gasteiger partial charge in [0.25, 0.3) is 0 Å². The fourth-order valence-electron chi connectivity index (χ4n) is 2.24. The molecule has 3 rings (SSSR count). The van der Waals surface area contributed by atoms with Gasteiger partial charge in [-0.1, -0.05) is 76.6 Å². The molecule has 0 bridgehead atoms. The highest BCUT2D eigenvalue weighted by molar-refractivity contribution is 9.10. The maximum absolute atomic E-state index is 12.7. The van der Waals surface area contributed by atoms with Gasteiger partial charge in [0.1, 0.15) is 0 Å². The predicted molar refractivity (Wildman–Crippen MR) is 97.7 cm³/mol. The van der Waals surface area contributed by atoms with Crippen LogP contribution in [-0.2, 0) is 0 Å². The molecule has 0 radical (unpaired) electrons. The molecule has 0 saturated heterocycles. The zero-order valence-corrected chi connectivity index (χ0v) is 13.9. The van der Waals surface area contributed by atoms with E-state index in [0.717, 1.165) is 10.0 Å². The van der Waals surface area contributed by atoms with Gasteiger partial charge in [-0.3, -0.25) is 9.79 Å². The van der Waals surface area contributed by atoms with Crippen molar-refractivity contribution in [1.82, 2.24) is 0 Å². The van der Waals surface area contributed by atoms with E-state index in [2.05, 4.69) is 20.9 Å². The van der Waals surface area contributed by atoms with Crippen molar-refractivity contribution < 1.29 is 4.79 Å². The first-order valence-corrected chi connectivity index (χ1v) is 8.02. The summed E-state index contributed by atoms with van der Waals surface area (Å²) in [6.45, 7) is 0. The SMILES string of the molecule is O=C(c1ccccc1)c1ccccc1N=Cc1ccccc1Br. The van der Waals surface area contributed by atoms with Crippen LogP contribution < -0.4 is 0 Å². The molecule has 0 atom stereocenters. The first-order valence-electron chi connectivity index (χ1n) is 7.23. The van der Waals surface area contributed by atoms with Gasteiger partial charge in [-0.25, -0.2) is 0 Å². The Kier molecular flexibility index (Phi) is 4.79. The molecule has 0 heterocycles. The number of nitrogens with zero attached hydrogens (tertiary/aromatic N) is 1. The van der Waals surface area contributed by atoms with Crippen molar-refractivity contribution in [2.75, 3.05) is 0 Å². The van der Waals surface area contributed by atoms with Crippen molar-refractivity contribution in [3.8, 4) is 0 Å². The largest absolute Gasteiger partial charge is 0.289 e. The first-order chi connectivity index (χ1) is 11.3. The van der Waals surface area contributed by atoms with Crippen LogP contribution in [0.15, 0.2) is 88.3 Å². The summed E-state index contributed by atoms with van der Waals surface area (Å²) >= 11 is 3.50. The molecule has 0 N–H and O–H groups in total. The lowest BCUT2D eigenvalue weighted by Crippen LogP contribution is -2.01. The van der Waals surface area contributed by atoms with Crippen molar-refractivity contribution in [3.05, 3.63) is 100 Å². The van der Waals surface area contributed by atoms with Crippen LogP contribution in [0, 0.1) is 0 Å². The summed E-state index contributed by atoms with van der Waals surface area (Å²) in [4.78, 5) is 17.2. The Morgan fingerprint density at radius 3 is 2.26 bits per heavy atom. The Labute approximate surface area is 143 Å². The molecule has 0 saturated carbocycles. The summed E-state index contributed by atoms with van der Waals surface area (Å²) in [6, 6.07) is 24.5. The molecular formula is C20H14BrNO. The number of carbonyl (C=O) groups is 1. The van der Waals surface area contributed by atoms with Gasteiger partial charge >= 0.3 is 0 Å². The van der Waals surface area contributed by atoms with E-state index in [9.17, 15) is 4.79 Å². The molecule has 0 aliphatic rings. The molecule has 0 aliphatic heterocycles. The van der Waals surface area contributed by atoms with Gasteiger partial charge in [0.15, 0.2) is 5.78 Å². The van der Waals surface area contributed by atoms with E-state index < -0.39 is 0 Å². The summed E-state index contributed by atoms with van der Waals surface area (Å²) < 4.78 is 0.968. The van der Waals surface area contributed by atoms with Gasteiger partial charge in [-0.05, 0) is 18.2 Å². The monoisotopic (exact) mass is 363 g/mol. The van der Waals surface area contributed by atoms with Gasteiger partial charge in [-0.2, -0.15) is 0 Å². The second-order valence-electron chi connectivity index (χ2n) is 4.99. The number of hydrogen-bond acceptors (Lipinski definition) is 2. The van der Waals surface area contributed by atoms with Crippen molar-refractivity contribution >= 4 is 33.6 Å². The highest BCUT2D eigenvalue weighted by atomic mass is 79.9. The number of carbonyl (C=O) groups excluding carboxylic acids is 1. The van der Waals surface area contributed by atoms with Gasteiger partial charge in [-0.15, -0.1) is 0 Å². The van der Waals surface area contributed by atoms with Crippen LogP contribution in [0.3, 0.4) is 0 Å². The summed E-state index contributed by atoms with van der Waals surface area (Å²) in [5, 5.41) is 0. The van der Waals surface area contributed by atoms with Gasteiger partial charge in [0.2, 0.25) is 0 Å². The van der Waals surface area contributed by atoms with Crippen molar-refractivity contribution in [2.45, 2.75) is 0 Å². The fourth-order valence-corrected chi connectivity index (χ4v) is 2.63. The average molecular weight is 364 g/mol. The van der Waals surface area contributed by atoms with E-state index >= 15 is 0 Å². The maximum atomic E-state index is 12.7. The highest BCUT2D eigenvalue weighted by Crippen LogP contribution is 2.23. The Balaban J connectivity index is 1.96. The van der Waals surface area contributed by atoms with Crippen LogP contribution in [-0.4, -0.2) is 12.0 Å². The molecule has 2 nitrogen and oxygen atoms in total. The smallest absolute Gasteiger partial charge is 0.195 e. The number of aliphatic imine (C=N–C) groups is 1. The van der Waals surface area contributed by atoms with E-state index in [1.165, 1.54) is 0 Å². The molecule has 3 aromatic rings. The molecule has 0 spiro atoms. The van der Waals surface area contributed by atoms with Crippen LogP contribution in [0.25, 0.3) is 0 Å². The molecule has 0 unspecified atom stereocenters. The molecule has 0 fully saturated rings. The predicted octanol–water partition coefficient (Wildman–Crippen LogP) is 5.43. The van der Waals surface area contributed by atoms with Gasteiger partial charge in [0, 0.05) is 27.4 Å². The standard InChI is InChI=1S/C20H14BrNO/c21-18-12-6-4-10-16(18)14-22-19-13-7-5-11-17(19)20(23)15-8-2-1-3-9-15/h1-14H. The molecule has 3 heteroatoms. The van der Waals surface area contributed by atoms with Crippen molar-refractivity contribution in [1.29, 1.82) is 0 Å². The molecule has 0 aliphatic carbocycles. The molecule has 3 aromatic carbocycles. The number of para-hydroxylation sites is 1.